The second kappa shape index (κ2) is 17.4. The van der Waals surface area contributed by atoms with Crippen LogP contribution in [-0.2, 0) is 19.1 Å². The predicted molar refractivity (Wildman–Crippen MR) is 227 cm³/mol. The number of halogens is 1. The molecule has 318 valence electrons. The van der Waals surface area contributed by atoms with Crippen LogP contribution in [0.25, 0.3) is 43.2 Å². The summed E-state index contributed by atoms with van der Waals surface area (Å²) in [5.74, 6) is 0.789. The first kappa shape index (κ1) is 42.4. The van der Waals surface area contributed by atoms with E-state index in [9.17, 15) is 19.2 Å². The van der Waals surface area contributed by atoms with Gasteiger partial charge in [0.05, 0.1) is 43.7 Å². The monoisotopic (exact) mass is 840 g/mol. The number of rotatable bonds is 11. The molecular formula is C44H53FN8O6S. The van der Waals surface area contributed by atoms with Crippen LogP contribution < -0.4 is 10.6 Å². The number of nitrogens with zero attached hydrogens (tertiary/aromatic N) is 4. The number of benzene rings is 2. The molecule has 0 saturated carbocycles. The highest BCUT2D eigenvalue weighted by Crippen LogP contribution is 2.40. The molecule has 14 nitrogen and oxygen atoms in total. The number of likely N-dealkylation sites (tertiary alicyclic amines) is 2. The zero-order valence-electron chi connectivity index (χ0n) is 35.2. The Labute approximate surface area is 352 Å². The standard InChI is InChI=1S/C44H53FN8O6S/c1-22(2)36(49-43(56)58-7)41(54)52-20-24(5)15-33(52)38-46-19-32(48-38)28-13-14-29(30(45)17-28)26-9-11-27(12-10-26)35-18-31-40(60-35)51-39(47-31)34-16-25(6)21-53(34)42(55)37(23(3)4)50-44(57)59-8/h9-14,17-19,22-25,33-34,36-37H,15-16,20-21H2,1-8H3,(H,46,48)(H,47,51)(H,49,56)(H,50,57)/t24-,25-,33-,34-,36-,37-/m0/s1. The highest BCUT2D eigenvalue weighted by molar-refractivity contribution is 7.21. The molecule has 0 unspecified atom stereocenters. The van der Waals surface area contributed by atoms with Crippen molar-refractivity contribution in [3.05, 3.63) is 72.2 Å². The van der Waals surface area contributed by atoms with E-state index in [0.717, 1.165) is 38.6 Å². The maximum Gasteiger partial charge on any atom is 0.407 e. The molecule has 4 amide bonds. The van der Waals surface area contributed by atoms with Crippen LogP contribution in [0.5, 0.6) is 0 Å². The molecule has 3 aromatic heterocycles. The third kappa shape index (κ3) is 8.60. The van der Waals surface area contributed by atoms with Crippen molar-refractivity contribution in [1.29, 1.82) is 0 Å². The lowest BCUT2D eigenvalue weighted by Gasteiger charge is -2.30. The molecule has 16 heteroatoms. The van der Waals surface area contributed by atoms with Gasteiger partial charge in [-0.1, -0.05) is 77.9 Å². The van der Waals surface area contributed by atoms with Gasteiger partial charge in [0.2, 0.25) is 11.8 Å². The number of amides is 4. The van der Waals surface area contributed by atoms with Gasteiger partial charge in [-0.2, -0.15) is 0 Å². The highest BCUT2D eigenvalue weighted by Gasteiger charge is 2.41. The molecule has 60 heavy (non-hydrogen) atoms. The molecule has 2 saturated heterocycles. The number of aromatic amines is 2. The highest BCUT2D eigenvalue weighted by atomic mass is 32.1. The van der Waals surface area contributed by atoms with Gasteiger partial charge in [0.25, 0.3) is 0 Å². The number of fused-ring (bicyclic) bond motifs is 1. The molecule has 7 rings (SSSR count). The summed E-state index contributed by atoms with van der Waals surface area (Å²) in [5.41, 5.74) is 4.28. The van der Waals surface area contributed by atoms with Crippen LogP contribution >= 0.6 is 11.3 Å². The molecule has 5 heterocycles. The van der Waals surface area contributed by atoms with Crippen molar-refractivity contribution in [1.82, 2.24) is 40.4 Å². The topological polar surface area (TPSA) is 175 Å². The number of H-pyrrole nitrogens is 2. The quantitative estimate of drug-likeness (QED) is 0.103. The smallest absolute Gasteiger partial charge is 0.407 e. The van der Waals surface area contributed by atoms with Crippen molar-refractivity contribution in [2.45, 2.75) is 78.6 Å². The zero-order valence-corrected chi connectivity index (χ0v) is 36.0. The van der Waals surface area contributed by atoms with Crippen molar-refractivity contribution in [2.75, 3.05) is 27.3 Å². The predicted octanol–water partition coefficient (Wildman–Crippen LogP) is 8.07. The summed E-state index contributed by atoms with van der Waals surface area (Å²) < 4.78 is 25.3. The molecule has 6 atom stereocenters. The number of hydrogen-bond donors (Lipinski definition) is 4. The average Bonchev–Trinajstić information content (AvgIpc) is 4.07. The molecule has 5 aromatic rings. The van der Waals surface area contributed by atoms with E-state index in [1.807, 2.05) is 69.0 Å². The minimum absolute atomic E-state index is 0.128. The fourth-order valence-corrected chi connectivity index (χ4v) is 9.37. The van der Waals surface area contributed by atoms with E-state index in [0.29, 0.717) is 42.2 Å². The number of aromatic nitrogens is 4. The molecule has 2 aliphatic rings. The van der Waals surface area contributed by atoms with E-state index in [-0.39, 0.29) is 53.4 Å². The SMILES string of the molecule is COC(=O)N[C@H](C(=O)N1C[C@@H](C)C[C@H]1c1ncc(-c2ccc(-c3ccc(-c4cc5[nH]c([C@@H]6C[C@H](C)CN6C(=O)[C@@H](NC(=O)OC)C(C)C)nc5s4)cc3)c(F)c2)[nH]1)C(C)C. The number of ether oxygens (including phenoxy) is 2. The van der Waals surface area contributed by atoms with Gasteiger partial charge in [0.15, 0.2) is 0 Å². The summed E-state index contributed by atoms with van der Waals surface area (Å²) in [4.78, 5) is 73.2. The van der Waals surface area contributed by atoms with Gasteiger partial charge < -0.3 is 39.9 Å². The molecule has 0 aliphatic carbocycles. The largest absolute Gasteiger partial charge is 0.453 e. The normalized spacial score (nSPS) is 20.2. The van der Waals surface area contributed by atoms with Crippen LogP contribution in [0.2, 0.25) is 0 Å². The molecule has 0 radical (unpaired) electrons. The van der Waals surface area contributed by atoms with Crippen LogP contribution in [0.15, 0.2) is 54.7 Å². The number of carbonyl (C=O) groups is 4. The van der Waals surface area contributed by atoms with Crippen LogP contribution in [0.1, 0.15) is 78.1 Å². The van der Waals surface area contributed by atoms with E-state index in [1.165, 1.54) is 31.6 Å². The summed E-state index contributed by atoms with van der Waals surface area (Å²) >= 11 is 1.54. The number of hydrogen-bond acceptors (Lipinski definition) is 9. The minimum atomic E-state index is -0.749. The summed E-state index contributed by atoms with van der Waals surface area (Å²) in [6.07, 6.45) is 1.81. The summed E-state index contributed by atoms with van der Waals surface area (Å²) in [7, 11) is 2.55. The van der Waals surface area contributed by atoms with Gasteiger partial charge in [0.1, 0.15) is 34.4 Å². The lowest BCUT2D eigenvalue weighted by Crippen LogP contribution is -2.51. The van der Waals surface area contributed by atoms with Gasteiger partial charge in [-0.25, -0.2) is 23.9 Å². The van der Waals surface area contributed by atoms with Crippen molar-refractivity contribution < 1.29 is 33.0 Å². The third-order valence-corrected chi connectivity index (χ3v) is 12.6. The minimum Gasteiger partial charge on any atom is -0.453 e. The number of carbonyl (C=O) groups excluding carboxylic acids is 4. The molecule has 0 spiro atoms. The first-order chi connectivity index (χ1) is 28.6. The van der Waals surface area contributed by atoms with E-state index in [4.69, 9.17) is 14.5 Å². The third-order valence-electron chi connectivity index (χ3n) is 11.6. The first-order valence-electron chi connectivity index (χ1n) is 20.4. The summed E-state index contributed by atoms with van der Waals surface area (Å²) in [5, 5.41) is 5.38. The number of methoxy groups -OCH3 is 2. The number of thiophene rings is 1. The van der Waals surface area contributed by atoms with E-state index < -0.39 is 24.3 Å². The fourth-order valence-electron chi connectivity index (χ4n) is 8.37. The van der Waals surface area contributed by atoms with Gasteiger partial charge >= 0.3 is 12.2 Å². The van der Waals surface area contributed by atoms with Crippen LogP contribution in [-0.4, -0.2) is 93.1 Å². The van der Waals surface area contributed by atoms with Crippen LogP contribution in [0, 0.1) is 29.5 Å². The van der Waals surface area contributed by atoms with Gasteiger partial charge in [-0.05, 0) is 59.8 Å². The van der Waals surface area contributed by atoms with Crippen LogP contribution in [0.3, 0.4) is 0 Å². The lowest BCUT2D eigenvalue weighted by atomic mass is 10.0. The zero-order chi connectivity index (χ0) is 43.0. The summed E-state index contributed by atoms with van der Waals surface area (Å²) in [6, 6.07) is 12.8. The number of imidazole rings is 2. The number of nitrogens with one attached hydrogen (secondary N) is 4. The molecule has 4 N–H and O–H groups in total. The Hall–Kier alpha value is -5.77. The van der Waals surface area contributed by atoms with Gasteiger partial charge in [-0.15, -0.1) is 11.3 Å². The molecule has 2 aliphatic heterocycles. The lowest BCUT2D eigenvalue weighted by molar-refractivity contribution is -0.136. The Balaban J connectivity index is 1.04. The Bertz CT molecular complexity index is 2340. The fraction of sp³-hybridized carbons (Fsp3) is 0.455. The molecule has 2 fully saturated rings. The van der Waals surface area contributed by atoms with E-state index in [1.54, 1.807) is 17.2 Å². The maximum atomic E-state index is 15.8. The second-order valence-corrected chi connectivity index (χ2v) is 17.8. The van der Waals surface area contributed by atoms with E-state index in [2.05, 4.69) is 39.4 Å². The average molecular weight is 841 g/mol. The van der Waals surface area contributed by atoms with Crippen molar-refractivity contribution >= 4 is 45.7 Å². The molecule has 0 bridgehead atoms. The molecule has 2 aromatic carbocycles. The van der Waals surface area contributed by atoms with Gasteiger partial charge in [0, 0.05) is 29.1 Å². The Morgan fingerprint density at radius 3 is 1.82 bits per heavy atom. The summed E-state index contributed by atoms with van der Waals surface area (Å²) in [6.45, 7) is 12.8. The Morgan fingerprint density at radius 1 is 0.767 bits per heavy atom. The molecular weight excluding hydrogens is 788 g/mol. The first-order valence-corrected chi connectivity index (χ1v) is 21.2. The van der Waals surface area contributed by atoms with E-state index >= 15 is 4.39 Å². The van der Waals surface area contributed by atoms with Gasteiger partial charge in [-0.3, -0.25) is 9.59 Å². The van der Waals surface area contributed by atoms with Crippen LogP contribution in [0.4, 0.5) is 14.0 Å². The Morgan fingerprint density at radius 2 is 1.30 bits per heavy atom. The number of alkyl carbamates (subject to hydrolysis) is 2. The van der Waals surface area contributed by atoms with Crippen molar-refractivity contribution in [3.8, 4) is 32.8 Å². The van der Waals surface area contributed by atoms with Crippen molar-refractivity contribution in [2.24, 2.45) is 23.7 Å². The Kier molecular flexibility index (Phi) is 12.3. The second-order valence-electron chi connectivity index (χ2n) is 16.8. The van der Waals surface area contributed by atoms with Crippen molar-refractivity contribution in [3.63, 3.8) is 0 Å². The maximum absolute atomic E-state index is 15.8.